The van der Waals surface area contributed by atoms with Gasteiger partial charge in [-0.3, -0.25) is 4.79 Å². The Morgan fingerprint density at radius 3 is 2.33 bits per heavy atom. The summed E-state index contributed by atoms with van der Waals surface area (Å²) < 4.78 is 0. The van der Waals surface area contributed by atoms with Gasteiger partial charge < -0.3 is 15.3 Å². The molecule has 140 valence electrons. The van der Waals surface area contributed by atoms with Gasteiger partial charge in [0.1, 0.15) is 0 Å². The number of nitrogens with zero attached hydrogens (tertiary/aromatic N) is 1. The SMILES string of the molecule is Cc1ccc(C(=O)Nc2ccc([C@@H]3C[C@H]3N(CC3CC3)C(=O)O)cc2)cc1. The first-order valence-corrected chi connectivity index (χ1v) is 9.49. The minimum Gasteiger partial charge on any atom is -0.465 e. The zero-order valence-corrected chi connectivity index (χ0v) is 15.4. The van der Waals surface area contributed by atoms with E-state index in [1.165, 1.54) is 0 Å². The largest absolute Gasteiger partial charge is 0.465 e. The first-order chi connectivity index (χ1) is 13.0. The van der Waals surface area contributed by atoms with Crippen molar-refractivity contribution < 1.29 is 14.7 Å². The van der Waals surface area contributed by atoms with Gasteiger partial charge in [0.15, 0.2) is 0 Å². The van der Waals surface area contributed by atoms with Crippen LogP contribution in [0.1, 0.15) is 46.7 Å². The number of hydrogen-bond acceptors (Lipinski definition) is 2. The molecule has 2 fully saturated rings. The van der Waals surface area contributed by atoms with Gasteiger partial charge in [-0.25, -0.2) is 4.79 Å². The molecule has 27 heavy (non-hydrogen) atoms. The molecule has 0 bridgehead atoms. The van der Waals surface area contributed by atoms with Gasteiger partial charge in [-0.15, -0.1) is 0 Å². The fraction of sp³-hybridized carbons (Fsp3) is 0.364. The Labute approximate surface area is 159 Å². The third-order valence-corrected chi connectivity index (χ3v) is 5.47. The number of carbonyl (C=O) groups is 2. The van der Waals surface area contributed by atoms with E-state index in [0.29, 0.717) is 18.0 Å². The molecule has 0 aliphatic heterocycles. The number of carboxylic acid groups (broad SMARTS) is 1. The zero-order valence-electron chi connectivity index (χ0n) is 15.4. The van der Waals surface area contributed by atoms with E-state index in [2.05, 4.69) is 5.32 Å². The van der Waals surface area contributed by atoms with Gasteiger partial charge in [0.25, 0.3) is 5.91 Å². The Balaban J connectivity index is 1.37. The first-order valence-electron chi connectivity index (χ1n) is 9.49. The van der Waals surface area contributed by atoms with Crippen molar-refractivity contribution in [3.63, 3.8) is 0 Å². The van der Waals surface area contributed by atoms with Gasteiger partial charge in [-0.05, 0) is 61.9 Å². The van der Waals surface area contributed by atoms with Gasteiger partial charge >= 0.3 is 6.09 Å². The van der Waals surface area contributed by atoms with E-state index in [1.54, 1.807) is 4.90 Å². The molecule has 2 amide bonds. The summed E-state index contributed by atoms with van der Waals surface area (Å²) in [7, 11) is 0. The van der Waals surface area contributed by atoms with Crippen LogP contribution in [0, 0.1) is 12.8 Å². The Morgan fingerprint density at radius 1 is 1.07 bits per heavy atom. The van der Waals surface area contributed by atoms with Crippen molar-refractivity contribution in [2.75, 3.05) is 11.9 Å². The number of anilines is 1. The number of nitrogens with one attached hydrogen (secondary N) is 1. The van der Waals surface area contributed by atoms with Crippen molar-refractivity contribution in [2.45, 2.75) is 38.1 Å². The monoisotopic (exact) mass is 364 g/mol. The molecule has 2 atom stereocenters. The van der Waals surface area contributed by atoms with Crippen LogP contribution in [-0.4, -0.2) is 34.6 Å². The van der Waals surface area contributed by atoms with Gasteiger partial charge in [-0.1, -0.05) is 29.8 Å². The van der Waals surface area contributed by atoms with Crippen LogP contribution in [0.15, 0.2) is 48.5 Å². The van der Waals surface area contributed by atoms with E-state index in [-0.39, 0.29) is 17.9 Å². The fourth-order valence-electron chi connectivity index (χ4n) is 3.54. The van der Waals surface area contributed by atoms with Crippen LogP contribution in [0.25, 0.3) is 0 Å². The van der Waals surface area contributed by atoms with Crippen molar-refractivity contribution >= 4 is 17.7 Å². The third kappa shape index (κ3) is 4.13. The fourth-order valence-corrected chi connectivity index (χ4v) is 3.54. The summed E-state index contributed by atoms with van der Waals surface area (Å²) in [6, 6.07) is 15.3. The topological polar surface area (TPSA) is 69.6 Å². The first kappa shape index (κ1) is 17.6. The Kier molecular flexibility index (Phi) is 4.60. The molecular formula is C22H24N2O3. The Morgan fingerprint density at radius 2 is 1.74 bits per heavy atom. The maximum atomic E-state index is 12.3. The van der Waals surface area contributed by atoms with Crippen molar-refractivity contribution in [3.05, 3.63) is 65.2 Å². The van der Waals surface area contributed by atoms with Crippen molar-refractivity contribution in [1.82, 2.24) is 4.90 Å². The van der Waals surface area contributed by atoms with Crippen molar-refractivity contribution in [1.29, 1.82) is 0 Å². The number of amides is 2. The summed E-state index contributed by atoms with van der Waals surface area (Å²) in [6.45, 7) is 2.66. The number of aryl methyl sites for hydroxylation is 1. The lowest BCUT2D eigenvalue weighted by Crippen LogP contribution is -2.34. The van der Waals surface area contributed by atoms with E-state index >= 15 is 0 Å². The van der Waals surface area contributed by atoms with Gasteiger partial charge in [-0.2, -0.15) is 0 Å². The standard InChI is InChI=1S/C22H24N2O3/c1-14-2-6-17(7-3-14)21(25)23-18-10-8-16(9-11-18)19-12-20(19)24(22(26)27)13-15-4-5-15/h2-3,6-11,15,19-20H,4-5,12-13H2,1H3,(H,23,25)(H,26,27)/t19-,20+/m0/s1. The highest BCUT2D eigenvalue weighted by molar-refractivity contribution is 6.04. The van der Waals surface area contributed by atoms with Crippen LogP contribution >= 0.6 is 0 Å². The maximum absolute atomic E-state index is 12.3. The molecule has 5 heteroatoms. The minimum atomic E-state index is -0.809. The van der Waals surface area contributed by atoms with Gasteiger partial charge in [0, 0.05) is 29.8 Å². The second kappa shape index (κ2) is 7.06. The molecule has 2 aromatic rings. The van der Waals surface area contributed by atoms with E-state index in [0.717, 1.165) is 36.1 Å². The molecule has 2 aliphatic rings. The highest BCUT2D eigenvalue weighted by Gasteiger charge is 2.46. The number of carbonyl (C=O) groups excluding carboxylic acids is 1. The number of benzene rings is 2. The molecule has 2 aromatic carbocycles. The van der Waals surface area contributed by atoms with E-state index in [4.69, 9.17) is 0 Å². The van der Waals surface area contributed by atoms with E-state index in [1.807, 2.05) is 55.5 Å². The highest BCUT2D eigenvalue weighted by Crippen LogP contribution is 2.46. The predicted octanol–water partition coefficient (Wildman–Crippen LogP) is 4.49. The maximum Gasteiger partial charge on any atom is 0.407 e. The molecule has 2 aliphatic carbocycles. The average molecular weight is 364 g/mol. The summed E-state index contributed by atoms with van der Waals surface area (Å²) >= 11 is 0. The van der Waals surface area contributed by atoms with E-state index in [9.17, 15) is 14.7 Å². The van der Waals surface area contributed by atoms with Crippen LogP contribution in [0.4, 0.5) is 10.5 Å². The zero-order chi connectivity index (χ0) is 19.0. The lowest BCUT2D eigenvalue weighted by Gasteiger charge is -2.19. The molecule has 0 unspecified atom stereocenters. The normalized spacial score (nSPS) is 20.8. The molecule has 0 spiro atoms. The van der Waals surface area contributed by atoms with Gasteiger partial charge in [0.2, 0.25) is 0 Å². The van der Waals surface area contributed by atoms with Crippen molar-refractivity contribution in [2.24, 2.45) is 5.92 Å². The second-order valence-corrected chi connectivity index (χ2v) is 7.73. The second-order valence-electron chi connectivity index (χ2n) is 7.73. The van der Waals surface area contributed by atoms with E-state index < -0.39 is 6.09 Å². The van der Waals surface area contributed by atoms with Gasteiger partial charge in [0.05, 0.1) is 0 Å². The smallest absolute Gasteiger partial charge is 0.407 e. The predicted molar refractivity (Wildman–Crippen MR) is 104 cm³/mol. The Hall–Kier alpha value is -2.82. The molecule has 5 nitrogen and oxygen atoms in total. The lowest BCUT2D eigenvalue weighted by molar-refractivity contribution is 0.102. The molecule has 2 saturated carbocycles. The van der Waals surface area contributed by atoms with Crippen LogP contribution in [0.5, 0.6) is 0 Å². The number of rotatable bonds is 6. The minimum absolute atomic E-state index is 0.0936. The summed E-state index contributed by atoms with van der Waals surface area (Å²) in [5.41, 5.74) is 3.63. The molecule has 0 saturated heterocycles. The molecule has 4 rings (SSSR count). The molecule has 0 radical (unpaired) electrons. The van der Waals surface area contributed by atoms with Crippen LogP contribution in [-0.2, 0) is 0 Å². The molecule has 0 aromatic heterocycles. The van der Waals surface area contributed by atoms with Crippen LogP contribution in [0.3, 0.4) is 0 Å². The summed E-state index contributed by atoms with van der Waals surface area (Å²) in [4.78, 5) is 25.4. The molecule has 2 N–H and O–H groups in total. The summed E-state index contributed by atoms with van der Waals surface area (Å²) in [5.74, 6) is 0.692. The third-order valence-electron chi connectivity index (χ3n) is 5.47. The average Bonchev–Trinajstić information content (AvgIpc) is 3.55. The van der Waals surface area contributed by atoms with Crippen LogP contribution in [0.2, 0.25) is 0 Å². The molecular weight excluding hydrogens is 340 g/mol. The van der Waals surface area contributed by atoms with Crippen LogP contribution < -0.4 is 5.32 Å². The highest BCUT2D eigenvalue weighted by atomic mass is 16.4. The summed E-state index contributed by atoms with van der Waals surface area (Å²) in [5, 5.41) is 12.4. The lowest BCUT2D eigenvalue weighted by atomic mass is 10.1. The number of hydrogen-bond donors (Lipinski definition) is 2. The Bertz CT molecular complexity index is 841. The quantitative estimate of drug-likeness (QED) is 0.793. The summed E-state index contributed by atoms with van der Waals surface area (Å²) in [6.07, 6.45) is 2.37. The molecule has 0 heterocycles. The van der Waals surface area contributed by atoms with Crippen molar-refractivity contribution in [3.8, 4) is 0 Å².